The molecule has 9 nitrogen and oxygen atoms in total. The van der Waals surface area contributed by atoms with Crippen LogP contribution >= 0.6 is 11.6 Å². The number of ether oxygens (including phenoxy) is 1. The van der Waals surface area contributed by atoms with E-state index >= 15 is 0 Å². The molecule has 192 valence electrons. The van der Waals surface area contributed by atoms with Crippen molar-refractivity contribution in [2.45, 2.75) is 25.0 Å². The molecule has 2 aromatic carbocycles. The van der Waals surface area contributed by atoms with E-state index in [9.17, 15) is 14.7 Å². The number of hydrogen-bond donors (Lipinski definition) is 2. The van der Waals surface area contributed by atoms with Gasteiger partial charge in [-0.1, -0.05) is 54.1 Å². The maximum Gasteiger partial charge on any atom is 0.410 e. The fourth-order valence-electron chi connectivity index (χ4n) is 4.53. The highest BCUT2D eigenvalue weighted by molar-refractivity contribution is 6.29. The zero-order valence-electron chi connectivity index (χ0n) is 20.2. The van der Waals surface area contributed by atoms with Gasteiger partial charge in [-0.25, -0.2) is 4.79 Å². The van der Waals surface area contributed by atoms with Crippen LogP contribution in [0.25, 0.3) is 0 Å². The Morgan fingerprint density at radius 1 is 1.03 bits per heavy atom. The van der Waals surface area contributed by atoms with Crippen molar-refractivity contribution in [2.24, 2.45) is 5.92 Å². The number of benzene rings is 2. The normalized spacial score (nSPS) is 17.1. The number of carbonyl (C=O) groups is 2. The lowest BCUT2D eigenvalue weighted by Crippen LogP contribution is -2.51. The van der Waals surface area contributed by atoms with E-state index in [2.05, 4.69) is 15.5 Å². The van der Waals surface area contributed by atoms with Crippen LogP contribution in [0.2, 0.25) is 5.15 Å². The lowest BCUT2D eigenvalue weighted by Gasteiger charge is -2.38. The Bertz CT molecular complexity index is 1230. The van der Waals surface area contributed by atoms with Crippen molar-refractivity contribution < 1.29 is 19.4 Å². The van der Waals surface area contributed by atoms with Crippen molar-refractivity contribution in [3.8, 4) is 0 Å². The number of amides is 2. The van der Waals surface area contributed by atoms with Crippen LogP contribution in [-0.2, 0) is 21.7 Å². The highest BCUT2D eigenvalue weighted by atomic mass is 35.5. The molecule has 0 atom stereocenters. The number of rotatable bonds is 6. The summed E-state index contributed by atoms with van der Waals surface area (Å²) in [4.78, 5) is 28.9. The van der Waals surface area contributed by atoms with Crippen molar-refractivity contribution in [1.82, 2.24) is 20.4 Å². The molecule has 0 unspecified atom stereocenters. The van der Waals surface area contributed by atoms with Gasteiger partial charge in [-0.3, -0.25) is 9.69 Å². The van der Waals surface area contributed by atoms with E-state index in [0.29, 0.717) is 50.5 Å². The van der Waals surface area contributed by atoms with E-state index in [-0.39, 0.29) is 29.7 Å². The van der Waals surface area contributed by atoms with Gasteiger partial charge in [0.05, 0.1) is 17.2 Å². The molecule has 3 aromatic rings. The molecule has 37 heavy (non-hydrogen) atoms. The summed E-state index contributed by atoms with van der Waals surface area (Å²) in [6.07, 6.45) is 0.377. The zero-order chi connectivity index (χ0) is 25.8. The van der Waals surface area contributed by atoms with E-state index < -0.39 is 5.60 Å². The number of nitrogens with zero attached hydrogens (tertiary/aromatic N) is 4. The summed E-state index contributed by atoms with van der Waals surface area (Å²) in [6, 6.07) is 20.0. The zero-order valence-corrected chi connectivity index (χ0v) is 21.0. The summed E-state index contributed by atoms with van der Waals surface area (Å²) >= 11 is 5.89. The predicted octanol–water partition coefficient (Wildman–Crippen LogP) is 3.63. The van der Waals surface area contributed by atoms with Gasteiger partial charge < -0.3 is 20.1 Å². The second-order valence-corrected chi connectivity index (χ2v) is 9.74. The Labute approximate surface area is 220 Å². The van der Waals surface area contributed by atoms with E-state index in [1.807, 2.05) is 42.5 Å². The number of likely N-dealkylation sites (tertiary alicyclic amines) is 1. The molecule has 5 rings (SSSR count). The number of carbonyl (C=O) groups excluding carboxylic acids is 2. The fraction of sp³-hybridized carbons (Fsp3) is 0.333. The second-order valence-electron chi connectivity index (χ2n) is 9.35. The molecular weight excluding hydrogens is 494 g/mol. The highest BCUT2D eigenvalue weighted by Crippen LogP contribution is 2.35. The first-order chi connectivity index (χ1) is 17.9. The van der Waals surface area contributed by atoms with Gasteiger partial charge in [0.1, 0.15) is 6.61 Å². The average Bonchev–Trinajstić information content (AvgIpc) is 2.89. The molecule has 2 aliphatic heterocycles. The van der Waals surface area contributed by atoms with Gasteiger partial charge in [0.2, 0.25) is 5.91 Å². The van der Waals surface area contributed by atoms with E-state index in [1.54, 1.807) is 29.2 Å². The van der Waals surface area contributed by atoms with E-state index in [4.69, 9.17) is 16.3 Å². The number of aliphatic hydroxyl groups is 1. The Hall–Kier alpha value is -3.53. The lowest BCUT2D eigenvalue weighted by atomic mass is 9.84. The van der Waals surface area contributed by atoms with Crippen LogP contribution in [0.4, 0.5) is 16.3 Å². The standard InChI is InChI=1S/C27H28ClN5O4/c28-23-10-11-24(31-30-23)33(25(34)20-16-29-17-20)22-8-6-21(7-9-22)27(36)12-14-32(15-13-27)26(35)37-18-19-4-2-1-3-5-19/h1-11,20,29,36H,12-18H2. The third kappa shape index (κ3) is 5.58. The number of piperidine rings is 1. The van der Waals surface area contributed by atoms with Gasteiger partial charge in [0.25, 0.3) is 0 Å². The minimum Gasteiger partial charge on any atom is -0.445 e. The Morgan fingerprint density at radius 3 is 2.32 bits per heavy atom. The molecule has 2 N–H and O–H groups in total. The van der Waals surface area contributed by atoms with Crippen LogP contribution in [0.1, 0.15) is 24.0 Å². The molecule has 0 aliphatic carbocycles. The number of hydrogen-bond acceptors (Lipinski definition) is 7. The van der Waals surface area contributed by atoms with Crippen LogP contribution in [0.5, 0.6) is 0 Å². The van der Waals surface area contributed by atoms with Crippen LogP contribution in [0.15, 0.2) is 66.7 Å². The third-order valence-corrected chi connectivity index (χ3v) is 7.12. The van der Waals surface area contributed by atoms with E-state index in [0.717, 1.165) is 11.1 Å². The Balaban J connectivity index is 1.25. The summed E-state index contributed by atoms with van der Waals surface area (Å²) in [6.45, 7) is 2.19. The van der Waals surface area contributed by atoms with E-state index in [1.165, 1.54) is 4.90 Å². The van der Waals surface area contributed by atoms with Crippen LogP contribution < -0.4 is 10.2 Å². The van der Waals surface area contributed by atoms with Gasteiger partial charge in [0, 0.05) is 26.2 Å². The first-order valence-electron chi connectivity index (χ1n) is 12.3. The first-order valence-corrected chi connectivity index (χ1v) is 12.6. The predicted molar refractivity (Wildman–Crippen MR) is 138 cm³/mol. The number of nitrogens with one attached hydrogen (secondary N) is 1. The third-order valence-electron chi connectivity index (χ3n) is 6.91. The van der Waals surface area contributed by atoms with Gasteiger partial charge in [-0.15, -0.1) is 10.2 Å². The quantitative estimate of drug-likeness (QED) is 0.510. The maximum atomic E-state index is 13.2. The Morgan fingerprint density at radius 2 is 1.73 bits per heavy atom. The van der Waals surface area contributed by atoms with Crippen LogP contribution in [0.3, 0.4) is 0 Å². The summed E-state index contributed by atoms with van der Waals surface area (Å²) in [5.74, 6) is 0.159. The molecule has 0 bridgehead atoms. The van der Waals surface area contributed by atoms with Gasteiger partial charge in [-0.05, 0) is 48.2 Å². The molecule has 0 radical (unpaired) electrons. The summed E-state index contributed by atoms with van der Waals surface area (Å²) in [5.41, 5.74) is 1.20. The van der Waals surface area contributed by atoms with Crippen molar-refractivity contribution in [2.75, 3.05) is 31.1 Å². The van der Waals surface area contributed by atoms with Crippen molar-refractivity contribution in [1.29, 1.82) is 0 Å². The molecule has 3 heterocycles. The van der Waals surface area contributed by atoms with Crippen molar-refractivity contribution in [3.63, 3.8) is 0 Å². The highest BCUT2D eigenvalue weighted by Gasteiger charge is 2.37. The van der Waals surface area contributed by atoms with Gasteiger partial charge in [0.15, 0.2) is 11.0 Å². The maximum absolute atomic E-state index is 13.2. The molecule has 10 heteroatoms. The second kappa shape index (κ2) is 10.8. The summed E-state index contributed by atoms with van der Waals surface area (Å²) in [7, 11) is 0. The van der Waals surface area contributed by atoms with Gasteiger partial charge in [-0.2, -0.15) is 0 Å². The lowest BCUT2D eigenvalue weighted by molar-refractivity contribution is -0.123. The first kappa shape index (κ1) is 25.1. The molecular formula is C27H28ClN5O4. The fourth-order valence-corrected chi connectivity index (χ4v) is 4.63. The molecule has 2 fully saturated rings. The summed E-state index contributed by atoms with van der Waals surface area (Å²) < 4.78 is 5.43. The minimum absolute atomic E-state index is 0.0795. The number of anilines is 2. The average molecular weight is 522 g/mol. The minimum atomic E-state index is -1.08. The topological polar surface area (TPSA) is 108 Å². The largest absolute Gasteiger partial charge is 0.445 e. The SMILES string of the molecule is O=C(OCc1ccccc1)N1CCC(O)(c2ccc(N(C(=O)C3CNC3)c3ccc(Cl)nn3)cc2)CC1. The Kier molecular flexibility index (Phi) is 7.36. The van der Waals surface area contributed by atoms with Crippen molar-refractivity contribution in [3.05, 3.63) is 83.0 Å². The van der Waals surface area contributed by atoms with Crippen LogP contribution in [-0.4, -0.2) is 58.4 Å². The molecule has 0 spiro atoms. The number of halogens is 1. The molecule has 2 amide bonds. The van der Waals surface area contributed by atoms with Crippen LogP contribution in [0, 0.1) is 5.92 Å². The number of aromatic nitrogens is 2. The summed E-state index contributed by atoms with van der Waals surface area (Å²) in [5, 5.41) is 22.7. The molecule has 2 aliphatic rings. The smallest absolute Gasteiger partial charge is 0.410 e. The molecule has 2 saturated heterocycles. The monoisotopic (exact) mass is 521 g/mol. The molecule has 0 saturated carbocycles. The van der Waals surface area contributed by atoms with Gasteiger partial charge >= 0.3 is 6.09 Å². The van der Waals surface area contributed by atoms with Crippen molar-refractivity contribution >= 4 is 35.1 Å². The molecule has 1 aromatic heterocycles.